The molecule has 3 aromatic heterocycles. The molecule has 32 heavy (non-hydrogen) atoms. The van der Waals surface area contributed by atoms with Gasteiger partial charge in [0.15, 0.2) is 5.65 Å². The van der Waals surface area contributed by atoms with Crippen LogP contribution in [0.1, 0.15) is 68.3 Å². The fourth-order valence-corrected chi connectivity index (χ4v) is 4.46. The maximum atomic E-state index is 6.13. The van der Waals surface area contributed by atoms with Crippen molar-refractivity contribution in [3.8, 4) is 5.69 Å². The van der Waals surface area contributed by atoms with E-state index in [-0.39, 0.29) is 0 Å². The fraction of sp³-hybridized carbons (Fsp3) is 0.417. The van der Waals surface area contributed by atoms with Gasteiger partial charge >= 0.3 is 0 Å². The molecule has 1 fully saturated rings. The summed E-state index contributed by atoms with van der Waals surface area (Å²) in [5, 5.41) is 12.5. The Kier molecular flexibility index (Phi) is 5.61. The third kappa shape index (κ3) is 3.98. The van der Waals surface area contributed by atoms with Crippen molar-refractivity contribution >= 4 is 11.6 Å². The second kappa shape index (κ2) is 8.70. The van der Waals surface area contributed by atoms with Crippen LogP contribution in [0.4, 0.5) is 5.95 Å². The van der Waals surface area contributed by atoms with Crippen molar-refractivity contribution < 1.29 is 0 Å². The van der Waals surface area contributed by atoms with E-state index in [9.17, 15) is 0 Å². The zero-order valence-corrected chi connectivity index (χ0v) is 18.6. The quantitative estimate of drug-likeness (QED) is 0.479. The van der Waals surface area contributed by atoms with Crippen molar-refractivity contribution in [3.05, 3.63) is 65.9 Å². The Morgan fingerprint density at radius 1 is 1.06 bits per heavy atom. The number of para-hydroxylation sites is 1. The van der Waals surface area contributed by atoms with Crippen molar-refractivity contribution in [2.24, 2.45) is 5.73 Å². The van der Waals surface area contributed by atoms with Crippen molar-refractivity contribution in [1.82, 2.24) is 29.4 Å². The number of hydrogen-bond acceptors (Lipinski definition) is 6. The van der Waals surface area contributed by atoms with E-state index in [1.54, 1.807) is 6.20 Å². The Labute approximate surface area is 187 Å². The highest BCUT2D eigenvalue weighted by molar-refractivity contribution is 5.53. The van der Waals surface area contributed by atoms with Crippen molar-refractivity contribution in [1.29, 1.82) is 0 Å². The number of benzene rings is 1. The molecule has 8 nitrogen and oxygen atoms in total. The SMILES string of the molecule is CC(C)c1cnn2c(NCc3ccccc3-n3cccn3)nc([C@H]3CC[C@H](N)CC3)nc12. The molecule has 1 aromatic carbocycles. The van der Waals surface area contributed by atoms with Gasteiger partial charge in [0.25, 0.3) is 0 Å². The molecule has 1 aliphatic rings. The number of rotatable bonds is 6. The minimum absolute atomic E-state index is 0.299. The largest absolute Gasteiger partial charge is 0.350 e. The molecule has 0 spiro atoms. The molecule has 4 aromatic rings. The van der Waals surface area contributed by atoms with E-state index in [1.165, 1.54) is 0 Å². The molecule has 0 atom stereocenters. The predicted molar refractivity (Wildman–Crippen MR) is 125 cm³/mol. The molecule has 166 valence electrons. The van der Waals surface area contributed by atoms with Gasteiger partial charge in [-0.2, -0.15) is 19.7 Å². The van der Waals surface area contributed by atoms with Gasteiger partial charge in [0, 0.05) is 36.5 Å². The van der Waals surface area contributed by atoms with Crippen LogP contribution >= 0.6 is 0 Å². The van der Waals surface area contributed by atoms with E-state index >= 15 is 0 Å². The summed E-state index contributed by atoms with van der Waals surface area (Å²) >= 11 is 0. The second-order valence-corrected chi connectivity index (χ2v) is 8.94. The standard InChI is InChI=1S/C24H30N8/c1-16(2)20-15-28-32-23(20)29-22(17-8-10-19(25)11-9-17)30-24(32)26-14-18-6-3-4-7-21(18)31-13-5-12-27-31/h3-7,12-13,15-17,19H,8-11,14,25H2,1-2H3,(H,26,29,30)/t17-,19-. The van der Waals surface area contributed by atoms with Crippen molar-refractivity contribution in [3.63, 3.8) is 0 Å². The van der Waals surface area contributed by atoms with Gasteiger partial charge in [-0.15, -0.1) is 0 Å². The van der Waals surface area contributed by atoms with Crippen LogP contribution in [-0.2, 0) is 6.54 Å². The second-order valence-electron chi connectivity index (χ2n) is 8.94. The fourth-order valence-electron chi connectivity index (χ4n) is 4.46. The minimum atomic E-state index is 0.299. The van der Waals surface area contributed by atoms with Crippen LogP contribution in [0.2, 0.25) is 0 Å². The molecule has 0 unspecified atom stereocenters. The summed E-state index contributed by atoms with van der Waals surface area (Å²) < 4.78 is 3.72. The molecule has 0 amide bonds. The molecule has 5 rings (SSSR count). The van der Waals surface area contributed by atoms with Crippen molar-refractivity contribution in [2.45, 2.75) is 64.0 Å². The first-order valence-electron chi connectivity index (χ1n) is 11.4. The normalized spacial score (nSPS) is 19.0. The molecule has 1 saturated carbocycles. The van der Waals surface area contributed by atoms with E-state index in [0.29, 0.717) is 24.4 Å². The topological polar surface area (TPSA) is 99.0 Å². The number of aromatic nitrogens is 6. The highest BCUT2D eigenvalue weighted by atomic mass is 15.3. The lowest BCUT2D eigenvalue weighted by atomic mass is 9.86. The van der Waals surface area contributed by atoms with Gasteiger partial charge in [-0.1, -0.05) is 32.0 Å². The van der Waals surface area contributed by atoms with Gasteiger partial charge in [-0.05, 0) is 49.3 Å². The summed E-state index contributed by atoms with van der Waals surface area (Å²) in [4.78, 5) is 9.92. The van der Waals surface area contributed by atoms with Gasteiger partial charge < -0.3 is 11.1 Å². The Bertz CT molecular complexity index is 1190. The number of nitrogens with one attached hydrogen (secondary N) is 1. The molecule has 1 aliphatic carbocycles. The molecule has 0 bridgehead atoms. The monoisotopic (exact) mass is 430 g/mol. The van der Waals surface area contributed by atoms with E-state index in [1.807, 2.05) is 39.8 Å². The van der Waals surface area contributed by atoms with Crippen LogP contribution in [0, 0.1) is 0 Å². The third-order valence-corrected chi connectivity index (χ3v) is 6.35. The zero-order valence-electron chi connectivity index (χ0n) is 18.6. The van der Waals surface area contributed by atoms with Gasteiger partial charge in [-0.3, -0.25) is 0 Å². The van der Waals surface area contributed by atoms with Gasteiger partial charge in [0.2, 0.25) is 5.95 Å². The van der Waals surface area contributed by atoms with Gasteiger partial charge in [-0.25, -0.2) is 9.67 Å². The lowest BCUT2D eigenvalue weighted by Crippen LogP contribution is -2.26. The third-order valence-electron chi connectivity index (χ3n) is 6.35. The van der Waals surface area contributed by atoms with Crippen LogP contribution < -0.4 is 11.1 Å². The average molecular weight is 431 g/mol. The van der Waals surface area contributed by atoms with Crippen LogP contribution in [0.3, 0.4) is 0 Å². The Morgan fingerprint density at radius 2 is 1.88 bits per heavy atom. The smallest absolute Gasteiger partial charge is 0.227 e. The van der Waals surface area contributed by atoms with Crippen LogP contribution in [-0.4, -0.2) is 35.4 Å². The number of fused-ring (bicyclic) bond motifs is 1. The van der Waals surface area contributed by atoms with E-state index in [2.05, 4.69) is 41.5 Å². The molecule has 0 aliphatic heterocycles. The molecule has 0 radical (unpaired) electrons. The highest BCUT2D eigenvalue weighted by Crippen LogP contribution is 2.32. The first kappa shape index (κ1) is 20.6. The maximum absolute atomic E-state index is 6.13. The van der Waals surface area contributed by atoms with Gasteiger partial charge in [0.05, 0.1) is 11.9 Å². The number of anilines is 1. The molecule has 8 heteroatoms. The number of hydrogen-bond donors (Lipinski definition) is 2. The maximum Gasteiger partial charge on any atom is 0.227 e. The highest BCUT2D eigenvalue weighted by Gasteiger charge is 2.25. The molecule has 0 saturated heterocycles. The predicted octanol–water partition coefficient (Wildman–Crippen LogP) is 4.03. The number of nitrogens with zero attached hydrogens (tertiary/aromatic N) is 6. The lowest BCUT2D eigenvalue weighted by molar-refractivity contribution is 0.384. The minimum Gasteiger partial charge on any atom is -0.350 e. The zero-order chi connectivity index (χ0) is 22.1. The van der Waals surface area contributed by atoms with E-state index in [4.69, 9.17) is 15.7 Å². The first-order chi connectivity index (χ1) is 15.6. The summed E-state index contributed by atoms with van der Waals surface area (Å²) in [6.07, 6.45) is 9.77. The molecular formula is C24H30N8. The van der Waals surface area contributed by atoms with Crippen LogP contribution in [0.15, 0.2) is 48.9 Å². The molecule has 3 N–H and O–H groups in total. The average Bonchev–Trinajstić information content (AvgIpc) is 3.48. The summed E-state index contributed by atoms with van der Waals surface area (Å²) in [6, 6.07) is 10.5. The van der Waals surface area contributed by atoms with Crippen LogP contribution in [0.25, 0.3) is 11.3 Å². The first-order valence-corrected chi connectivity index (χ1v) is 11.4. The Hall–Kier alpha value is -3.26. The van der Waals surface area contributed by atoms with E-state index in [0.717, 1.165) is 59.9 Å². The molecule has 3 heterocycles. The summed E-state index contributed by atoms with van der Waals surface area (Å²) in [7, 11) is 0. The Morgan fingerprint density at radius 3 is 2.62 bits per heavy atom. The van der Waals surface area contributed by atoms with Crippen molar-refractivity contribution in [2.75, 3.05) is 5.32 Å². The van der Waals surface area contributed by atoms with Crippen LogP contribution in [0.5, 0.6) is 0 Å². The Balaban J connectivity index is 1.50. The summed E-state index contributed by atoms with van der Waals surface area (Å²) in [5.41, 5.74) is 10.3. The lowest BCUT2D eigenvalue weighted by Gasteiger charge is -2.25. The molecular weight excluding hydrogens is 400 g/mol. The number of nitrogens with two attached hydrogens (primary N) is 1. The summed E-state index contributed by atoms with van der Waals surface area (Å²) in [6.45, 7) is 4.95. The van der Waals surface area contributed by atoms with E-state index < -0.39 is 0 Å². The summed E-state index contributed by atoms with van der Waals surface area (Å²) in [5.74, 6) is 2.30. The van der Waals surface area contributed by atoms with Gasteiger partial charge in [0.1, 0.15) is 5.82 Å².